The highest BCUT2D eigenvalue weighted by Crippen LogP contribution is 2.22. The molecule has 4 nitrogen and oxygen atoms in total. The van der Waals surface area contributed by atoms with Gasteiger partial charge in [-0.25, -0.2) is 0 Å². The van der Waals surface area contributed by atoms with Crippen LogP contribution in [0.3, 0.4) is 0 Å². The number of piperidine rings is 1. The van der Waals surface area contributed by atoms with Crippen LogP contribution in [0.2, 0.25) is 0 Å². The second-order valence-electron chi connectivity index (χ2n) is 5.19. The van der Waals surface area contributed by atoms with Crippen LogP contribution in [0.1, 0.15) is 33.6 Å². The number of nitrogens with two attached hydrogens (primary N) is 1. The maximum absolute atomic E-state index is 5.83. The van der Waals surface area contributed by atoms with Gasteiger partial charge in [0.2, 0.25) is 0 Å². The molecule has 0 aromatic heterocycles. The van der Waals surface area contributed by atoms with E-state index < -0.39 is 0 Å². The van der Waals surface area contributed by atoms with Crippen molar-refractivity contribution < 1.29 is 9.47 Å². The van der Waals surface area contributed by atoms with Gasteiger partial charge in [0.25, 0.3) is 0 Å². The first-order valence-corrected chi connectivity index (χ1v) is 7.36. The van der Waals surface area contributed by atoms with Gasteiger partial charge in [0.05, 0.1) is 0 Å². The molecule has 0 aromatic rings. The fourth-order valence-corrected chi connectivity index (χ4v) is 2.61. The summed E-state index contributed by atoms with van der Waals surface area (Å²) in [7, 11) is 0. The van der Waals surface area contributed by atoms with Crippen molar-refractivity contribution in [1.82, 2.24) is 4.90 Å². The lowest BCUT2D eigenvalue weighted by atomic mass is 9.87. The van der Waals surface area contributed by atoms with Gasteiger partial charge in [-0.2, -0.15) is 0 Å². The Hall–Kier alpha value is -0.160. The van der Waals surface area contributed by atoms with Gasteiger partial charge in [-0.05, 0) is 45.2 Å². The third kappa shape index (κ3) is 5.22. The Morgan fingerprint density at radius 3 is 2.50 bits per heavy atom. The maximum Gasteiger partial charge on any atom is 0.158 e. The molecular formula is C14H30N2O2. The Morgan fingerprint density at radius 1 is 1.28 bits per heavy atom. The van der Waals surface area contributed by atoms with Crippen LogP contribution >= 0.6 is 0 Å². The van der Waals surface area contributed by atoms with Crippen LogP contribution in [0, 0.1) is 11.8 Å². The fourth-order valence-electron chi connectivity index (χ4n) is 2.61. The topological polar surface area (TPSA) is 47.7 Å². The van der Waals surface area contributed by atoms with Gasteiger partial charge in [0.15, 0.2) is 6.29 Å². The van der Waals surface area contributed by atoms with E-state index in [-0.39, 0.29) is 6.29 Å². The summed E-state index contributed by atoms with van der Waals surface area (Å²) in [5, 5.41) is 0. The number of nitrogens with zero attached hydrogens (tertiary/aromatic N) is 1. The molecule has 18 heavy (non-hydrogen) atoms. The number of hydrogen-bond donors (Lipinski definition) is 1. The van der Waals surface area contributed by atoms with E-state index in [1.54, 1.807) is 0 Å². The van der Waals surface area contributed by atoms with E-state index in [1.165, 1.54) is 13.0 Å². The molecule has 1 heterocycles. The summed E-state index contributed by atoms with van der Waals surface area (Å²) in [6, 6.07) is 0. The first-order valence-electron chi connectivity index (χ1n) is 7.36. The summed E-state index contributed by atoms with van der Waals surface area (Å²) < 4.78 is 11.1. The van der Waals surface area contributed by atoms with Crippen LogP contribution in [-0.4, -0.2) is 50.6 Å². The summed E-state index contributed by atoms with van der Waals surface area (Å²) in [6.07, 6.45) is 2.17. The highest BCUT2D eigenvalue weighted by Gasteiger charge is 2.25. The molecule has 108 valence electrons. The van der Waals surface area contributed by atoms with Gasteiger partial charge < -0.3 is 20.1 Å². The highest BCUT2D eigenvalue weighted by atomic mass is 16.7. The van der Waals surface area contributed by atoms with Crippen molar-refractivity contribution in [3.05, 3.63) is 0 Å². The van der Waals surface area contributed by atoms with Crippen LogP contribution in [0.15, 0.2) is 0 Å². The molecule has 0 aliphatic carbocycles. The van der Waals surface area contributed by atoms with Gasteiger partial charge in [-0.15, -0.1) is 0 Å². The molecule has 2 N–H and O–H groups in total. The SMILES string of the molecule is CCOC(CCN1CCC(C)C(CN)C1)OCC. The lowest BCUT2D eigenvalue weighted by Gasteiger charge is -2.37. The molecule has 1 fully saturated rings. The minimum atomic E-state index is -0.0457. The second-order valence-corrected chi connectivity index (χ2v) is 5.19. The van der Waals surface area contributed by atoms with E-state index in [9.17, 15) is 0 Å². The molecule has 0 radical (unpaired) electrons. The standard InChI is InChI=1S/C14H30N2O2/c1-4-17-14(18-5-2)7-9-16-8-6-12(3)13(10-15)11-16/h12-14H,4-11,15H2,1-3H3. The van der Waals surface area contributed by atoms with E-state index in [2.05, 4.69) is 11.8 Å². The van der Waals surface area contributed by atoms with E-state index in [1.807, 2.05) is 13.8 Å². The van der Waals surface area contributed by atoms with Crippen molar-refractivity contribution in [3.63, 3.8) is 0 Å². The molecule has 2 unspecified atom stereocenters. The molecule has 2 atom stereocenters. The van der Waals surface area contributed by atoms with Crippen LogP contribution in [0.5, 0.6) is 0 Å². The Labute approximate surface area is 112 Å². The van der Waals surface area contributed by atoms with E-state index in [4.69, 9.17) is 15.2 Å². The van der Waals surface area contributed by atoms with Crippen LogP contribution in [-0.2, 0) is 9.47 Å². The van der Waals surface area contributed by atoms with Gasteiger partial charge in [0, 0.05) is 32.7 Å². The van der Waals surface area contributed by atoms with Crippen molar-refractivity contribution in [1.29, 1.82) is 0 Å². The normalized spacial score (nSPS) is 25.8. The van der Waals surface area contributed by atoms with Crippen molar-refractivity contribution in [2.45, 2.75) is 39.9 Å². The van der Waals surface area contributed by atoms with Crippen molar-refractivity contribution in [2.24, 2.45) is 17.6 Å². The van der Waals surface area contributed by atoms with Gasteiger partial charge in [-0.1, -0.05) is 6.92 Å². The average molecular weight is 258 g/mol. The number of hydrogen-bond acceptors (Lipinski definition) is 4. The fraction of sp³-hybridized carbons (Fsp3) is 1.00. The van der Waals surface area contributed by atoms with Crippen LogP contribution < -0.4 is 5.73 Å². The third-order valence-corrected chi connectivity index (χ3v) is 3.89. The second kappa shape index (κ2) is 8.86. The molecule has 1 rings (SSSR count). The Kier molecular flexibility index (Phi) is 7.82. The van der Waals surface area contributed by atoms with Crippen LogP contribution in [0.25, 0.3) is 0 Å². The summed E-state index contributed by atoms with van der Waals surface area (Å²) >= 11 is 0. The Morgan fingerprint density at radius 2 is 1.94 bits per heavy atom. The Balaban J connectivity index is 2.29. The third-order valence-electron chi connectivity index (χ3n) is 3.89. The summed E-state index contributed by atoms with van der Waals surface area (Å²) in [4.78, 5) is 2.50. The Bertz CT molecular complexity index is 208. The van der Waals surface area contributed by atoms with E-state index >= 15 is 0 Å². The molecule has 4 heteroatoms. The molecular weight excluding hydrogens is 228 g/mol. The predicted molar refractivity (Wildman–Crippen MR) is 74.4 cm³/mol. The van der Waals surface area contributed by atoms with E-state index in [0.717, 1.165) is 32.0 Å². The van der Waals surface area contributed by atoms with Gasteiger partial charge >= 0.3 is 0 Å². The molecule has 1 aliphatic heterocycles. The minimum Gasteiger partial charge on any atom is -0.353 e. The van der Waals surface area contributed by atoms with Gasteiger partial charge in [-0.3, -0.25) is 0 Å². The van der Waals surface area contributed by atoms with Gasteiger partial charge in [0.1, 0.15) is 0 Å². The predicted octanol–water partition coefficient (Wildman–Crippen LogP) is 1.69. The lowest BCUT2D eigenvalue weighted by Crippen LogP contribution is -2.43. The zero-order valence-corrected chi connectivity index (χ0v) is 12.2. The van der Waals surface area contributed by atoms with Crippen molar-refractivity contribution in [3.8, 4) is 0 Å². The highest BCUT2D eigenvalue weighted by molar-refractivity contribution is 4.78. The first-order chi connectivity index (χ1) is 8.71. The molecule has 0 spiro atoms. The maximum atomic E-state index is 5.83. The molecule has 0 saturated carbocycles. The molecule has 1 saturated heterocycles. The lowest BCUT2D eigenvalue weighted by molar-refractivity contribution is -0.142. The largest absolute Gasteiger partial charge is 0.353 e. The molecule has 0 amide bonds. The zero-order chi connectivity index (χ0) is 13.4. The monoisotopic (exact) mass is 258 g/mol. The number of ether oxygens (including phenoxy) is 2. The molecule has 1 aliphatic rings. The zero-order valence-electron chi connectivity index (χ0n) is 12.2. The number of likely N-dealkylation sites (tertiary alicyclic amines) is 1. The molecule has 0 bridgehead atoms. The summed E-state index contributed by atoms with van der Waals surface area (Å²) in [5.41, 5.74) is 5.83. The first kappa shape index (κ1) is 15.9. The minimum absolute atomic E-state index is 0.0457. The van der Waals surface area contributed by atoms with Crippen molar-refractivity contribution >= 4 is 0 Å². The summed E-state index contributed by atoms with van der Waals surface area (Å²) in [5.74, 6) is 1.41. The average Bonchev–Trinajstić information content (AvgIpc) is 2.38. The summed E-state index contributed by atoms with van der Waals surface area (Å²) in [6.45, 7) is 11.9. The van der Waals surface area contributed by atoms with Crippen molar-refractivity contribution in [2.75, 3.05) is 39.4 Å². The molecule has 0 aromatic carbocycles. The smallest absolute Gasteiger partial charge is 0.158 e. The number of rotatable bonds is 8. The quantitative estimate of drug-likeness (QED) is 0.673. The van der Waals surface area contributed by atoms with Crippen LogP contribution in [0.4, 0.5) is 0 Å². The van der Waals surface area contributed by atoms with E-state index in [0.29, 0.717) is 19.1 Å².